The van der Waals surface area contributed by atoms with Gasteiger partial charge in [-0.05, 0) is 54.8 Å². The molecule has 0 atom stereocenters. The van der Waals surface area contributed by atoms with E-state index in [2.05, 4.69) is 9.97 Å². The van der Waals surface area contributed by atoms with Crippen molar-refractivity contribution in [1.82, 2.24) is 14.5 Å². The van der Waals surface area contributed by atoms with Crippen LogP contribution in [0.1, 0.15) is 11.3 Å². The Kier molecular flexibility index (Phi) is 3.82. The molecule has 4 rings (SSSR count). The fourth-order valence-electron chi connectivity index (χ4n) is 2.85. The third-order valence-corrected chi connectivity index (χ3v) is 4.29. The highest BCUT2D eigenvalue weighted by Crippen LogP contribution is 2.30. The van der Waals surface area contributed by atoms with E-state index in [1.54, 1.807) is 0 Å². The van der Waals surface area contributed by atoms with Crippen LogP contribution in [0.3, 0.4) is 0 Å². The normalized spacial score (nSPS) is 11.2. The zero-order chi connectivity index (χ0) is 16.5. The van der Waals surface area contributed by atoms with E-state index < -0.39 is 0 Å². The van der Waals surface area contributed by atoms with Crippen molar-refractivity contribution in [2.45, 2.75) is 12.8 Å². The molecule has 3 heterocycles. The van der Waals surface area contributed by atoms with Crippen molar-refractivity contribution < 1.29 is 4.42 Å². The second-order valence-corrected chi connectivity index (χ2v) is 6.19. The number of nitrogens with zero attached hydrogens (tertiary/aromatic N) is 3. The molecule has 0 fully saturated rings. The summed E-state index contributed by atoms with van der Waals surface area (Å²) in [5.74, 6) is 0.610. The van der Waals surface area contributed by atoms with E-state index >= 15 is 0 Å². The Hall–Kier alpha value is -2.59. The molecule has 24 heavy (non-hydrogen) atoms. The maximum Gasteiger partial charge on any atom is 0.244 e. The molecule has 0 saturated carbocycles. The molecular formula is C19H16ClN3O. The maximum absolute atomic E-state index is 6.27. The highest BCUT2D eigenvalue weighted by molar-refractivity contribution is 6.31. The molecule has 0 aliphatic rings. The van der Waals surface area contributed by atoms with Crippen molar-refractivity contribution in [2.75, 3.05) is 0 Å². The summed E-state index contributed by atoms with van der Waals surface area (Å²) < 4.78 is 8.04. The summed E-state index contributed by atoms with van der Waals surface area (Å²) in [5.41, 5.74) is 4.63. The number of oxazole rings is 1. The van der Waals surface area contributed by atoms with Gasteiger partial charge in [0.15, 0.2) is 5.58 Å². The van der Waals surface area contributed by atoms with Gasteiger partial charge in [0.1, 0.15) is 11.2 Å². The van der Waals surface area contributed by atoms with Crippen LogP contribution >= 0.6 is 11.6 Å². The topological polar surface area (TPSA) is 43.9 Å². The minimum absolute atomic E-state index is 0.610. The van der Waals surface area contributed by atoms with Gasteiger partial charge in [-0.1, -0.05) is 17.7 Å². The molecule has 1 aromatic carbocycles. The first-order chi connectivity index (χ1) is 11.7. The third kappa shape index (κ3) is 2.81. The Bertz CT molecular complexity index is 988. The highest BCUT2D eigenvalue weighted by atomic mass is 35.5. The van der Waals surface area contributed by atoms with Crippen LogP contribution in [-0.2, 0) is 19.9 Å². The maximum atomic E-state index is 6.27. The summed E-state index contributed by atoms with van der Waals surface area (Å²) in [5, 5.41) is 0.672. The first-order valence-corrected chi connectivity index (χ1v) is 8.19. The average Bonchev–Trinajstić information content (AvgIpc) is 3.19. The molecule has 3 aromatic heterocycles. The predicted molar refractivity (Wildman–Crippen MR) is 95.1 cm³/mol. The minimum Gasteiger partial charge on any atom is -0.434 e. The predicted octanol–water partition coefficient (Wildman–Crippen LogP) is 4.67. The fraction of sp³-hybridized carbons (Fsp3) is 0.158. The van der Waals surface area contributed by atoms with E-state index in [1.807, 2.05) is 66.5 Å². The average molecular weight is 338 g/mol. The summed E-state index contributed by atoms with van der Waals surface area (Å²) in [6.07, 6.45) is 5.41. The van der Waals surface area contributed by atoms with Gasteiger partial charge in [-0.25, -0.2) is 4.98 Å². The van der Waals surface area contributed by atoms with Crippen molar-refractivity contribution in [1.29, 1.82) is 0 Å². The molecule has 0 amide bonds. The van der Waals surface area contributed by atoms with Crippen molar-refractivity contribution in [2.24, 2.45) is 7.05 Å². The fourth-order valence-corrected chi connectivity index (χ4v) is 3.09. The molecule has 0 bridgehead atoms. The Morgan fingerprint density at radius 3 is 2.79 bits per heavy atom. The summed E-state index contributed by atoms with van der Waals surface area (Å²) in [7, 11) is 1.97. The van der Waals surface area contributed by atoms with Crippen molar-refractivity contribution in [3.63, 3.8) is 0 Å². The lowest BCUT2D eigenvalue weighted by molar-refractivity contribution is 0.607. The summed E-state index contributed by atoms with van der Waals surface area (Å²) in [4.78, 5) is 8.98. The van der Waals surface area contributed by atoms with Gasteiger partial charge >= 0.3 is 0 Å². The zero-order valence-electron chi connectivity index (χ0n) is 13.2. The Morgan fingerprint density at radius 2 is 2.04 bits per heavy atom. The molecule has 0 radical (unpaired) electrons. The van der Waals surface area contributed by atoms with Crippen LogP contribution < -0.4 is 0 Å². The largest absolute Gasteiger partial charge is 0.434 e. The van der Waals surface area contributed by atoms with Crippen molar-refractivity contribution in [3.05, 3.63) is 71.1 Å². The van der Waals surface area contributed by atoms with E-state index in [1.165, 1.54) is 0 Å². The number of rotatable bonds is 4. The summed E-state index contributed by atoms with van der Waals surface area (Å²) in [6.45, 7) is 0. The molecule has 4 aromatic rings. The number of hydrogen-bond donors (Lipinski definition) is 0. The van der Waals surface area contributed by atoms with Crippen LogP contribution in [0.15, 0.2) is 59.3 Å². The standard InChI is InChI=1S/C19H16ClN3O/c1-23-10-4-6-17(23)19-22-16-12-14(20)11-13(18(16)24-19)7-8-15-5-2-3-9-21-15/h2-6,9-12H,7-8H2,1H3. The van der Waals surface area contributed by atoms with Gasteiger partial charge in [-0.3, -0.25) is 4.98 Å². The van der Waals surface area contributed by atoms with Gasteiger partial charge in [-0.15, -0.1) is 0 Å². The molecule has 0 aliphatic heterocycles. The first-order valence-electron chi connectivity index (χ1n) is 7.81. The van der Waals surface area contributed by atoms with Gasteiger partial charge in [-0.2, -0.15) is 0 Å². The monoisotopic (exact) mass is 337 g/mol. The van der Waals surface area contributed by atoms with Gasteiger partial charge in [0.05, 0.1) is 0 Å². The van der Waals surface area contributed by atoms with Crippen LogP contribution in [0.25, 0.3) is 22.7 Å². The second-order valence-electron chi connectivity index (χ2n) is 5.76. The van der Waals surface area contributed by atoms with E-state index in [9.17, 15) is 0 Å². The lowest BCUT2D eigenvalue weighted by Gasteiger charge is -2.03. The molecule has 0 spiro atoms. The second kappa shape index (κ2) is 6.13. The molecule has 5 heteroatoms. The summed E-state index contributed by atoms with van der Waals surface area (Å²) >= 11 is 6.27. The molecule has 0 N–H and O–H groups in total. The summed E-state index contributed by atoms with van der Waals surface area (Å²) in [6, 6.07) is 13.7. The Balaban J connectivity index is 1.72. The van der Waals surface area contributed by atoms with Crippen LogP contribution in [0.5, 0.6) is 0 Å². The number of benzene rings is 1. The molecule has 0 unspecified atom stereocenters. The van der Waals surface area contributed by atoms with Gasteiger partial charge in [0, 0.05) is 30.2 Å². The van der Waals surface area contributed by atoms with Gasteiger partial charge in [0.2, 0.25) is 5.89 Å². The number of halogens is 1. The van der Waals surface area contributed by atoms with Gasteiger partial charge in [0.25, 0.3) is 0 Å². The number of fused-ring (bicyclic) bond motifs is 1. The van der Waals surface area contributed by atoms with E-state index in [4.69, 9.17) is 16.0 Å². The molecule has 0 saturated heterocycles. The lowest BCUT2D eigenvalue weighted by atomic mass is 10.1. The van der Waals surface area contributed by atoms with E-state index in [-0.39, 0.29) is 0 Å². The van der Waals surface area contributed by atoms with Crippen molar-refractivity contribution in [3.8, 4) is 11.6 Å². The quantitative estimate of drug-likeness (QED) is 0.543. The van der Waals surface area contributed by atoms with Crippen molar-refractivity contribution >= 4 is 22.7 Å². The smallest absolute Gasteiger partial charge is 0.244 e. The third-order valence-electron chi connectivity index (χ3n) is 4.07. The van der Waals surface area contributed by atoms with Gasteiger partial charge < -0.3 is 8.98 Å². The first kappa shape index (κ1) is 15.0. The van der Waals surface area contributed by atoms with Crippen LogP contribution in [-0.4, -0.2) is 14.5 Å². The number of aryl methyl sites for hydroxylation is 3. The van der Waals surface area contributed by atoms with Crippen LogP contribution in [0.2, 0.25) is 5.02 Å². The molecule has 0 aliphatic carbocycles. The van der Waals surface area contributed by atoms with E-state index in [0.717, 1.165) is 40.9 Å². The Labute approximate surface area is 144 Å². The zero-order valence-corrected chi connectivity index (χ0v) is 14.0. The van der Waals surface area contributed by atoms with Crippen LogP contribution in [0, 0.1) is 0 Å². The number of hydrogen-bond acceptors (Lipinski definition) is 3. The highest BCUT2D eigenvalue weighted by Gasteiger charge is 2.14. The van der Waals surface area contributed by atoms with E-state index in [0.29, 0.717) is 10.9 Å². The lowest BCUT2D eigenvalue weighted by Crippen LogP contribution is -1.94. The number of aromatic nitrogens is 3. The molecular weight excluding hydrogens is 322 g/mol. The molecule has 120 valence electrons. The number of pyridine rings is 1. The molecule has 4 nitrogen and oxygen atoms in total. The minimum atomic E-state index is 0.610. The SMILES string of the molecule is Cn1cccc1-c1nc2cc(Cl)cc(CCc3ccccn3)c2o1. The Morgan fingerprint density at radius 1 is 1.12 bits per heavy atom. The van der Waals surface area contributed by atoms with Crippen LogP contribution in [0.4, 0.5) is 0 Å².